The second-order valence-electron chi connectivity index (χ2n) is 7.09. The van der Waals surface area contributed by atoms with Crippen LogP contribution < -0.4 is 5.32 Å². The zero-order valence-corrected chi connectivity index (χ0v) is 18.1. The van der Waals surface area contributed by atoms with E-state index in [1.165, 1.54) is 23.5 Å². The molecule has 1 aliphatic heterocycles. The Bertz CT molecular complexity index is 1020. The van der Waals surface area contributed by atoms with Gasteiger partial charge in [0, 0.05) is 24.7 Å². The average molecular weight is 451 g/mol. The highest BCUT2D eigenvalue weighted by Gasteiger charge is 2.31. The summed E-state index contributed by atoms with van der Waals surface area (Å²) >= 11 is 6.00. The molecule has 0 atom stereocenters. The molecule has 30 heavy (non-hydrogen) atoms. The van der Waals surface area contributed by atoms with Crippen LogP contribution in [0.3, 0.4) is 0 Å². The van der Waals surface area contributed by atoms with E-state index in [1.54, 1.807) is 18.2 Å². The number of piperidine rings is 1. The summed E-state index contributed by atoms with van der Waals surface area (Å²) in [5, 5.41) is 3.01. The summed E-state index contributed by atoms with van der Waals surface area (Å²) in [6, 6.07) is 13.6. The molecule has 0 saturated carbocycles. The van der Waals surface area contributed by atoms with E-state index in [9.17, 15) is 18.0 Å². The molecule has 0 aliphatic carbocycles. The molecule has 1 fully saturated rings. The molecular formula is C21H23ClN2O5S. The first-order valence-corrected chi connectivity index (χ1v) is 11.5. The molecule has 0 aromatic heterocycles. The van der Waals surface area contributed by atoms with Gasteiger partial charge in [0.1, 0.15) is 0 Å². The fourth-order valence-electron chi connectivity index (χ4n) is 3.39. The van der Waals surface area contributed by atoms with Gasteiger partial charge in [-0.1, -0.05) is 41.9 Å². The van der Waals surface area contributed by atoms with Crippen molar-refractivity contribution in [1.29, 1.82) is 0 Å². The zero-order chi connectivity index (χ0) is 21.7. The fourth-order valence-corrected chi connectivity index (χ4v) is 5.14. The topological polar surface area (TPSA) is 92.8 Å². The van der Waals surface area contributed by atoms with E-state index >= 15 is 0 Å². The Hall–Kier alpha value is -2.42. The first-order chi connectivity index (χ1) is 14.3. The summed E-state index contributed by atoms with van der Waals surface area (Å²) in [5.41, 5.74) is 1.34. The number of sulfonamides is 1. The summed E-state index contributed by atoms with van der Waals surface area (Å²) in [7, 11) is -2.18. The van der Waals surface area contributed by atoms with Crippen molar-refractivity contribution in [3.63, 3.8) is 0 Å². The van der Waals surface area contributed by atoms with Crippen LogP contribution in [0.1, 0.15) is 28.8 Å². The Morgan fingerprint density at radius 1 is 1.13 bits per heavy atom. The van der Waals surface area contributed by atoms with E-state index < -0.39 is 16.0 Å². The van der Waals surface area contributed by atoms with Crippen LogP contribution in [0.15, 0.2) is 48.5 Å². The fraction of sp³-hybridized carbons (Fsp3) is 0.333. The summed E-state index contributed by atoms with van der Waals surface area (Å²) in [5.74, 6) is -1.17. The van der Waals surface area contributed by atoms with Crippen LogP contribution in [0.25, 0.3) is 0 Å². The normalized spacial score (nSPS) is 15.5. The van der Waals surface area contributed by atoms with Crippen molar-refractivity contribution in [2.75, 3.05) is 25.5 Å². The number of ether oxygens (including phenoxy) is 1. The SMILES string of the molecule is COC(=O)c1cc(NC(=O)C2CCN(S(=O)(=O)Cc3ccccc3)CC2)ccc1Cl. The molecule has 2 aromatic rings. The van der Waals surface area contributed by atoms with Crippen LogP contribution >= 0.6 is 11.6 Å². The molecule has 1 heterocycles. The van der Waals surface area contributed by atoms with Gasteiger partial charge in [0.2, 0.25) is 15.9 Å². The first-order valence-electron chi connectivity index (χ1n) is 9.50. The van der Waals surface area contributed by atoms with Gasteiger partial charge in [0.15, 0.2) is 0 Å². The predicted octanol–water partition coefficient (Wildman–Crippen LogP) is 3.31. The summed E-state index contributed by atoms with van der Waals surface area (Å²) in [4.78, 5) is 24.4. The molecule has 9 heteroatoms. The lowest BCUT2D eigenvalue weighted by Gasteiger charge is -2.30. The van der Waals surface area contributed by atoms with Gasteiger partial charge in [0.05, 0.1) is 23.4 Å². The second kappa shape index (κ2) is 9.59. The standard InChI is InChI=1S/C21H23ClN2O5S/c1-29-21(26)18-13-17(7-8-19(18)22)23-20(25)16-9-11-24(12-10-16)30(27,28)14-15-5-3-2-4-6-15/h2-8,13,16H,9-12,14H2,1H3,(H,23,25). The van der Waals surface area contributed by atoms with Gasteiger partial charge < -0.3 is 10.1 Å². The van der Waals surface area contributed by atoms with E-state index in [4.69, 9.17) is 11.6 Å². The quantitative estimate of drug-likeness (QED) is 0.681. The average Bonchev–Trinajstić information content (AvgIpc) is 2.75. The number of carbonyl (C=O) groups is 2. The lowest BCUT2D eigenvalue weighted by molar-refractivity contribution is -0.120. The number of nitrogens with zero attached hydrogens (tertiary/aromatic N) is 1. The Kier molecular flexibility index (Phi) is 7.12. The highest BCUT2D eigenvalue weighted by molar-refractivity contribution is 7.88. The molecule has 1 saturated heterocycles. The van der Waals surface area contributed by atoms with Gasteiger partial charge in [-0.2, -0.15) is 0 Å². The Morgan fingerprint density at radius 3 is 2.43 bits per heavy atom. The maximum absolute atomic E-state index is 12.7. The number of anilines is 1. The lowest BCUT2D eigenvalue weighted by atomic mass is 9.97. The van der Waals surface area contributed by atoms with Crippen LogP contribution in [-0.2, 0) is 25.3 Å². The Labute approximate surface area is 181 Å². The molecule has 0 spiro atoms. The molecule has 2 aromatic carbocycles. The second-order valence-corrected chi connectivity index (χ2v) is 9.47. The van der Waals surface area contributed by atoms with Gasteiger partial charge in [-0.05, 0) is 36.6 Å². The van der Waals surface area contributed by atoms with E-state index in [-0.39, 0.29) is 28.2 Å². The van der Waals surface area contributed by atoms with Crippen molar-refractivity contribution in [3.8, 4) is 0 Å². The molecule has 1 aliphatic rings. The number of hydrogen-bond acceptors (Lipinski definition) is 5. The predicted molar refractivity (Wildman–Crippen MR) is 115 cm³/mol. The zero-order valence-electron chi connectivity index (χ0n) is 16.5. The summed E-state index contributed by atoms with van der Waals surface area (Å²) in [6.45, 7) is 0.586. The van der Waals surface area contributed by atoms with E-state index in [1.807, 2.05) is 18.2 Å². The van der Waals surface area contributed by atoms with E-state index in [0.717, 1.165) is 5.56 Å². The number of halogens is 1. The Balaban J connectivity index is 1.58. The van der Waals surface area contributed by atoms with Crippen molar-refractivity contribution in [2.45, 2.75) is 18.6 Å². The van der Waals surface area contributed by atoms with Crippen molar-refractivity contribution >= 4 is 39.2 Å². The van der Waals surface area contributed by atoms with E-state index in [2.05, 4.69) is 10.1 Å². The number of carbonyl (C=O) groups excluding carboxylic acids is 2. The van der Waals surface area contributed by atoms with Crippen LogP contribution in [0.5, 0.6) is 0 Å². The maximum Gasteiger partial charge on any atom is 0.339 e. The summed E-state index contributed by atoms with van der Waals surface area (Å²) < 4.78 is 31.4. The molecule has 0 bridgehead atoms. The van der Waals surface area contributed by atoms with Gasteiger partial charge in [-0.15, -0.1) is 0 Å². The number of amides is 1. The maximum atomic E-state index is 12.7. The third kappa shape index (κ3) is 5.38. The minimum atomic E-state index is -3.43. The number of hydrogen-bond donors (Lipinski definition) is 1. The smallest absolute Gasteiger partial charge is 0.339 e. The van der Waals surface area contributed by atoms with Crippen molar-refractivity contribution in [2.24, 2.45) is 5.92 Å². The van der Waals surface area contributed by atoms with Gasteiger partial charge in [0.25, 0.3) is 0 Å². The molecular weight excluding hydrogens is 428 g/mol. The number of esters is 1. The van der Waals surface area contributed by atoms with Gasteiger partial charge >= 0.3 is 5.97 Å². The van der Waals surface area contributed by atoms with Crippen molar-refractivity contribution < 1.29 is 22.7 Å². The monoisotopic (exact) mass is 450 g/mol. The van der Waals surface area contributed by atoms with Crippen LogP contribution in [0.4, 0.5) is 5.69 Å². The molecule has 1 N–H and O–H groups in total. The molecule has 7 nitrogen and oxygen atoms in total. The number of rotatable bonds is 6. The first kappa shape index (κ1) is 22.3. The minimum absolute atomic E-state index is 0.0498. The minimum Gasteiger partial charge on any atom is -0.465 e. The van der Waals surface area contributed by atoms with Crippen LogP contribution in [0, 0.1) is 5.92 Å². The third-order valence-electron chi connectivity index (χ3n) is 5.05. The molecule has 160 valence electrons. The lowest BCUT2D eigenvalue weighted by Crippen LogP contribution is -2.41. The molecule has 0 unspecified atom stereocenters. The van der Waals surface area contributed by atoms with Gasteiger partial charge in [-0.3, -0.25) is 4.79 Å². The highest BCUT2D eigenvalue weighted by Crippen LogP contribution is 2.25. The largest absolute Gasteiger partial charge is 0.465 e. The molecule has 1 amide bonds. The third-order valence-corrected chi connectivity index (χ3v) is 7.23. The van der Waals surface area contributed by atoms with E-state index in [0.29, 0.717) is 31.6 Å². The molecule has 0 radical (unpaired) electrons. The van der Waals surface area contributed by atoms with Crippen LogP contribution in [-0.4, -0.2) is 44.8 Å². The molecule has 3 rings (SSSR count). The van der Waals surface area contributed by atoms with Crippen LogP contribution in [0.2, 0.25) is 5.02 Å². The number of methoxy groups -OCH3 is 1. The summed E-state index contributed by atoms with van der Waals surface area (Å²) in [6.07, 6.45) is 0.856. The van der Waals surface area contributed by atoms with Gasteiger partial charge in [-0.25, -0.2) is 17.5 Å². The van der Waals surface area contributed by atoms with Crippen molar-refractivity contribution in [3.05, 3.63) is 64.7 Å². The number of benzene rings is 2. The number of nitrogens with one attached hydrogen (secondary N) is 1. The van der Waals surface area contributed by atoms with Crippen molar-refractivity contribution in [1.82, 2.24) is 4.31 Å². The Morgan fingerprint density at radius 2 is 1.80 bits per heavy atom. The highest BCUT2D eigenvalue weighted by atomic mass is 35.5.